The van der Waals surface area contributed by atoms with Crippen LogP contribution in [0.4, 0.5) is 0 Å². The Balaban J connectivity index is 1.73. The summed E-state index contributed by atoms with van der Waals surface area (Å²) in [7, 11) is 1.07. The predicted molar refractivity (Wildman–Crippen MR) is 98.8 cm³/mol. The number of carboxylic acids is 2. The summed E-state index contributed by atoms with van der Waals surface area (Å²) in [5.41, 5.74) is -1.61. The van der Waals surface area contributed by atoms with Crippen molar-refractivity contribution in [3.8, 4) is 0 Å². The topological polar surface area (TPSA) is 150 Å². The van der Waals surface area contributed by atoms with Crippen LogP contribution in [0.3, 0.4) is 0 Å². The Bertz CT molecular complexity index is 876. The van der Waals surface area contributed by atoms with Crippen LogP contribution in [0.25, 0.3) is 0 Å². The predicted octanol–water partition coefficient (Wildman–Crippen LogP) is -0.501. The van der Waals surface area contributed by atoms with E-state index in [4.69, 9.17) is 0 Å². The average Bonchev–Trinajstić information content (AvgIpc) is 2.71. The van der Waals surface area contributed by atoms with E-state index in [9.17, 15) is 34.2 Å². The van der Waals surface area contributed by atoms with Crippen molar-refractivity contribution >= 4 is 41.5 Å². The zero-order valence-electron chi connectivity index (χ0n) is 15.2. The van der Waals surface area contributed by atoms with Crippen molar-refractivity contribution in [2.24, 2.45) is 5.41 Å². The second kappa shape index (κ2) is 7.74. The maximum Gasteiger partial charge on any atom is 0.325 e. The van der Waals surface area contributed by atoms with Gasteiger partial charge in [0, 0.05) is 12.3 Å². The number of nitrogens with one attached hydrogen (secondary N) is 1. The van der Waals surface area contributed by atoms with Gasteiger partial charge in [0.05, 0.1) is 7.11 Å². The summed E-state index contributed by atoms with van der Waals surface area (Å²) in [6, 6.07) is 6.89. The van der Waals surface area contributed by atoms with Crippen LogP contribution in [0.5, 0.6) is 0 Å². The number of carboxylic acid groups (broad SMARTS) is 2. The number of esters is 1. The lowest BCUT2D eigenvalue weighted by Gasteiger charge is -2.52. The van der Waals surface area contributed by atoms with E-state index >= 15 is 0 Å². The highest BCUT2D eigenvalue weighted by Gasteiger charge is 2.61. The fraction of sp³-hybridized carbons (Fsp3) is 0.389. The summed E-state index contributed by atoms with van der Waals surface area (Å²) in [6.07, 6.45) is 0. The standard InChI is InChI=1S/C18H18N2O8S/c1-28-17(27)18(16(25)26)7-20-13(22)11(14(20)29-8-18)19-12(21)10(15(23)24)9-5-3-2-4-6-9/h2-6,10-11,14H,7-8H2,1H3,(H,19,21)(H,23,24)(H,25,26)/t10?,11?,14-,18?/m1/s1. The molecule has 1 aromatic carbocycles. The van der Waals surface area contributed by atoms with Crippen molar-refractivity contribution in [3.63, 3.8) is 0 Å². The molecule has 2 aliphatic heterocycles. The molecule has 2 heterocycles. The van der Waals surface area contributed by atoms with Crippen molar-refractivity contribution in [3.05, 3.63) is 35.9 Å². The van der Waals surface area contributed by atoms with Crippen LogP contribution in [0, 0.1) is 5.41 Å². The number of benzene rings is 1. The summed E-state index contributed by atoms with van der Waals surface area (Å²) >= 11 is 1.02. The van der Waals surface area contributed by atoms with Crippen molar-refractivity contribution < 1.29 is 38.9 Å². The van der Waals surface area contributed by atoms with Gasteiger partial charge >= 0.3 is 17.9 Å². The number of hydrogen-bond donors (Lipinski definition) is 3. The van der Waals surface area contributed by atoms with E-state index in [1.165, 1.54) is 17.0 Å². The number of ether oxygens (including phenoxy) is 1. The zero-order valence-corrected chi connectivity index (χ0v) is 16.0. The number of carbonyl (C=O) groups excluding carboxylic acids is 3. The molecule has 0 aromatic heterocycles. The lowest BCUT2D eigenvalue weighted by atomic mass is 9.87. The quantitative estimate of drug-likeness (QED) is 0.313. The summed E-state index contributed by atoms with van der Waals surface area (Å²) in [5, 5.41) is 20.8. The number of β-lactam (4-membered cyclic amide) rings is 1. The first-order chi connectivity index (χ1) is 13.7. The smallest absolute Gasteiger partial charge is 0.325 e. The van der Waals surface area contributed by atoms with Gasteiger partial charge < -0.3 is 25.2 Å². The number of nitrogens with zero attached hydrogens (tertiary/aromatic N) is 1. The Hall–Kier alpha value is -3.08. The minimum atomic E-state index is -1.88. The molecular formula is C18H18N2O8S. The Labute approximate surface area is 169 Å². The average molecular weight is 422 g/mol. The SMILES string of the molecule is COC(=O)C1(C(=O)O)CS[C@@H]2C(NC(=O)C(C(=O)O)c3ccccc3)C(=O)N2C1. The number of thioether (sulfide) groups is 1. The molecule has 2 saturated heterocycles. The third kappa shape index (κ3) is 3.41. The van der Waals surface area contributed by atoms with Gasteiger partial charge in [-0.25, -0.2) is 0 Å². The molecule has 0 radical (unpaired) electrons. The van der Waals surface area contributed by atoms with Crippen LogP contribution in [-0.4, -0.2) is 75.7 Å². The lowest BCUT2D eigenvalue weighted by molar-refractivity contribution is -0.171. The second-order valence-electron chi connectivity index (χ2n) is 6.71. The Morgan fingerprint density at radius 1 is 1.24 bits per heavy atom. The highest BCUT2D eigenvalue weighted by atomic mass is 32.2. The number of hydrogen-bond acceptors (Lipinski definition) is 7. The van der Waals surface area contributed by atoms with Crippen LogP contribution in [-0.2, 0) is 28.7 Å². The summed E-state index contributed by atoms with van der Waals surface area (Å²) in [6.45, 7) is -0.376. The molecular weight excluding hydrogens is 404 g/mol. The highest BCUT2D eigenvalue weighted by Crippen LogP contribution is 2.43. The van der Waals surface area contributed by atoms with E-state index in [1.54, 1.807) is 18.2 Å². The third-order valence-corrected chi connectivity index (χ3v) is 6.54. The van der Waals surface area contributed by atoms with E-state index in [1.807, 2.05) is 0 Å². The second-order valence-corrected chi connectivity index (χ2v) is 7.82. The van der Waals surface area contributed by atoms with E-state index in [0.717, 1.165) is 18.9 Å². The number of rotatable bonds is 6. The van der Waals surface area contributed by atoms with Gasteiger partial charge in [-0.15, -0.1) is 11.8 Å². The molecule has 2 aliphatic rings. The summed E-state index contributed by atoms with van der Waals surface area (Å²) < 4.78 is 4.59. The molecule has 10 nitrogen and oxygen atoms in total. The molecule has 0 bridgehead atoms. The number of aliphatic carboxylic acids is 2. The monoisotopic (exact) mass is 422 g/mol. The molecule has 0 spiro atoms. The highest BCUT2D eigenvalue weighted by molar-refractivity contribution is 8.00. The number of fused-ring (bicyclic) bond motifs is 1. The van der Waals surface area contributed by atoms with Gasteiger partial charge in [0.25, 0.3) is 0 Å². The molecule has 0 saturated carbocycles. The Kier molecular flexibility index (Phi) is 5.51. The normalized spacial score (nSPS) is 26.5. The van der Waals surface area contributed by atoms with Crippen LogP contribution < -0.4 is 5.32 Å². The van der Waals surface area contributed by atoms with Crippen LogP contribution in [0.15, 0.2) is 30.3 Å². The minimum Gasteiger partial charge on any atom is -0.480 e. The van der Waals surface area contributed by atoms with Gasteiger partial charge in [0.15, 0.2) is 11.3 Å². The lowest BCUT2D eigenvalue weighted by Crippen LogP contribution is -2.74. The van der Waals surface area contributed by atoms with Gasteiger partial charge in [-0.1, -0.05) is 30.3 Å². The molecule has 11 heteroatoms. The molecule has 1 aromatic rings. The fourth-order valence-electron chi connectivity index (χ4n) is 3.40. The summed E-state index contributed by atoms with van der Waals surface area (Å²) in [5.74, 6) is -6.76. The number of amides is 2. The van der Waals surface area contributed by atoms with Gasteiger partial charge in [0.1, 0.15) is 11.4 Å². The van der Waals surface area contributed by atoms with Crippen molar-refractivity contribution in [1.29, 1.82) is 0 Å². The van der Waals surface area contributed by atoms with Gasteiger partial charge in [-0.05, 0) is 5.56 Å². The molecule has 3 unspecified atom stereocenters. The molecule has 4 atom stereocenters. The van der Waals surface area contributed by atoms with E-state index in [2.05, 4.69) is 10.1 Å². The third-order valence-electron chi connectivity index (χ3n) is 5.01. The fourth-order valence-corrected chi connectivity index (χ4v) is 4.92. The molecule has 2 fully saturated rings. The number of carbonyl (C=O) groups is 5. The first kappa shape index (κ1) is 20.6. The van der Waals surface area contributed by atoms with Crippen LogP contribution >= 0.6 is 11.8 Å². The van der Waals surface area contributed by atoms with Crippen molar-refractivity contribution in [1.82, 2.24) is 10.2 Å². The summed E-state index contributed by atoms with van der Waals surface area (Å²) in [4.78, 5) is 61.5. The number of methoxy groups -OCH3 is 1. The molecule has 3 rings (SSSR count). The largest absolute Gasteiger partial charge is 0.480 e. The Morgan fingerprint density at radius 2 is 1.90 bits per heavy atom. The van der Waals surface area contributed by atoms with E-state index in [-0.39, 0.29) is 17.9 Å². The molecule has 0 aliphatic carbocycles. The molecule has 154 valence electrons. The zero-order chi connectivity index (χ0) is 21.3. The maximum atomic E-state index is 12.6. The van der Waals surface area contributed by atoms with E-state index < -0.39 is 52.5 Å². The minimum absolute atomic E-state index is 0.142. The first-order valence-electron chi connectivity index (χ1n) is 8.55. The van der Waals surface area contributed by atoms with Crippen LogP contribution in [0.2, 0.25) is 0 Å². The molecule has 29 heavy (non-hydrogen) atoms. The molecule has 3 N–H and O–H groups in total. The van der Waals surface area contributed by atoms with Crippen molar-refractivity contribution in [2.75, 3.05) is 19.4 Å². The van der Waals surface area contributed by atoms with Crippen LogP contribution in [0.1, 0.15) is 11.5 Å². The van der Waals surface area contributed by atoms with Gasteiger partial charge in [0.2, 0.25) is 11.8 Å². The van der Waals surface area contributed by atoms with Gasteiger partial charge in [-0.2, -0.15) is 0 Å². The van der Waals surface area contributed by atoms with Crippen molar-refractivity contribution in [2.45, 2.75) is 17.3 Å². The van der Waals surface area contributed by atoms with E-state index in [0.29, 0.717) is 0 Å². The first-order valence-corrected chi connectivity index (χ1v) is 9.60. The molecule has 2 amide bonds. The Morgan fingerprint density at radius 3 is 2.45 bits per heavy atom. The van der Waals surface area contributed by atoms with Gasteiger partial charge in [-0.3, -0.25) is 24.0 Å². The maximum absolute atomic E-state index is 12.6.